The van der Waals surface area contributed by atoms with E-state index >= 15 is 0 Å². The van der Waals surface area contributed by atoms with E-state index in [0.29, 0.717) is 17.5 Å². The third-order valence-electron chi connectivity index (χ3n) is 10.3. The fourth-order valence-electron chi connectivity index (χ4n) is 7.62. The predicted molar refractivity (Wildman–Crippen MR) is 219 cm³/mol. The minimum Gasteiger partial charge on any atom is -0.456 e. The molecule has 3 aromatic heterocycles. The van der Waals surface area contributed by atoms with E-state index < -0.39 is 0 Å². The summed E-state index contributed by atoms with van der Waals surface area (Å²) in [6.45, 7) is 0. The molecule has 0 fully saturated rings. The van der Waals surface area contributed by atoms with E-state index in [2.05, 4.69) is 127 Å². The molecule has 0 saturated heterocycles. The van der Waals surface area contributed by atoms with E-state index in [-0.39, 0.29) is 0 Å². The van der Waals surface area contributed by atoms with Gasteiger partial charge in [0.1, 0.15) is 22.3 Å². The molecule has 0 bridgehead atoms. The van der Waals surface area contributed by atoms with Gasteiger partial charge in [-0.1, -0.05) is 140 Å². The Bertz CT molecular complexity index is 3200. The first-order valence-corrected chi connectivity index (χ1v) is 18.0. The maximum Gasteiger partial charge on any atom is 0.164 e. The van der Waals surface area contributed by atoms with Gasteiger partial charge in [0, 0.05) is 38.2 Å². The average molecular weight is 692 g/mol. The smallest absolute Gasteiger partial charge is 0.164 e. The number of fused-ring (bicyclic) bond motifs is 7. The van der Waals surface area contributed by atoms with Gasteiger partial charge in [0.2, 0.25) is 0 Å². The number of hydrogen-bond donors (Lipinski definition) is 0. The van der Waals surface area contributed by atoms with Crippen molar-refractivity contribution in [2.24, 2.45) is 0 Å². The van der Waals surface area contributed by atoms with Crippen molar-refractivity contribution in [3.05, 3.63) is 176 Å². The summed E-state index contributed by atoms with van der Waals surface area (Å²) < 4.78 is 12.4. The van der Waals surface area contributed by atoms with Gasteiger partial charge in [-0.2, -0.15) is 0 Å². The molecule has 3 heterocycles. The maximum absolute atomic E-state index is 6.24. The van der Waals surface area contributed by atoms with Crippen molar-refractivity contribution in [2.45, 2.75) is 0 Å². The van der Waals surface area contributed by atoms with E-state index in [1.54, 1.807) is 0 Å². The van der Waals surface area contributed by atoms with E-state index in [1.165, 1.54) is 5.39 Å². The van der Waals surface area contributed by atoms with E-state index in [9.17, 15) is 0 Å². The summed E-state index contributed by atoms with van der Waals surface area (Å²) in [5.74, 6) is 1.80. The molecule has 0 saturated carbocycles. The molecule has 252 valence electrons. The number of para-hydroxylation sites is 2. The molecule has 5 nitrogen and oxygen atoms in total. The first-order valence-electron chi connectivity index (χ1n) is 18.0. The molecule has 0 amide bonds. The van der Waals surface area contributed by atoms with E-state index in [0.717, 1.165) is 88.2 Å². The monoisotopic (exact) mass is 691 g/mol. The molecule has 11 aromatic rings. The topological polar surface area (TPSA) is 65.0 Å². The molecule has 0 radical (unpaired) electrons. The molecule has 8 aromatic carbocycles. The molecule has 54 heavy (non-hydrogen) atoms. The van der Waals surface area contributed by atoms with Gasteiger partial charge in [0.15, 0.2) is 17.5 Å². The molecule has 0 aliphatic rings. The van der Waals surface area contributed by atoms with Crippen LogP contribution in [-0.4, -0.2) is 15.0 Å². The highest BCUT2D eigenvalue weighted by Crippen LogP contribution is 2.38. The lowest BCUT2D eigenvalue weighted by molar-refractivity contribution is 0.669. The van der Waals surface area contributed by atoms with Crippen molar-refractivity contribution in [3.63, 3.8) is 0 Å². The predicted octanol–water partition coefficient (Wildman–Crippen LogP) is 13.2. The highest BCUT2D eigenvalue weighted by molar-refractivity contribution is 6.12. The van der Waals surface area contributed by atoms with Crippen molar-refractivity contribution >= 4 is 54.6 Å². The standard InChI is InChI=1S/C49H29N3O2/c1-2-9-30(10-3-1)31-17-21-33(22-18-31)47-50-48(52-49(51-47)40-13-8-16-44-46(40)39-12-5-7-15-43(39)53-44)34-23-19-32(20-24-34)35-25-26-36-28-41-38-11-4-6-14-42(38)54-45(41)29-37(36)27-35/h1-29H. The summed E-state index contributed by atoms with van der Waals surface area (Å²) in [4.78, 5) is 15.3. The van der Waals surface area contributed by atoms with Gasteiger partial charge in [-0.25, -0.2) is 15.0 Å². The van der Waals surface area contributed by atoms with Crippen molar-refractivity contribution in [3.8, 4) is 56.4 Å². The molecule has 0 unspecified atom stereocenters. The Morgan fingerprint density at radius 3 is 1.57 bits per heavy atom. The van der Waals surface area contributed by atoms with Crippen molar-refractivity contribution in [2.75, 3.05) is 0 Å². The molecule has 0 spiro atoms. The van der Waals surface area contributed by atoms with Crippen LogP contribution < -0.4 is 0 Å². The summed E-state index contributed by atoms with van der Waals surface area (Å²) in [5, 5.41) is 6.60. The molecular weight excluding hydrogens is 663 g/mol. The van der Waals surface area contributed by atoms with Crippen molar-refractivity contribution in [1.29, 1.82) is 0 Å². The Balaban J connectivity index is 1.01. The highest BCUT2D eigenvalue weighted by Gasteiger charge is 2.18. The quantitative estimate of drug-likeness (QED) is 0.180. The van der Waals surface area contributed by atoms with Gasteiger partial charge >= 0.3 is 0 Å². The lowest BCUT2D eigenvalue weighted by atomic mass is 9.99. The van der Waals surface area contributed by atoms with Crippen LogP contribution in [0.1, 0.15) is 0 Å². The minimum atomic E-state index is 0.592. The number of nitrogens with zero attached hydrogens (tertiary/aromatic N) is 3. The minimum absolute atomic E-state index is 0.592. The summed E-state index contributed by atoms with van der Waals surface area (Å²) in [7, 11) is 0. The maximum atomic E-state index is 6.24. The third kappa shape index (κ3) is 5.06. The van der Waals surface area contributed by atoms with Gasteiger partial charge in [-0.3, -0.25) is 0 Å². The van der Waals surface area contributed by atoms with Gasteiger partial charge in [0.05, 0.1) is 0 Å². The second-order valence-electron chi connectivity index (χ2n) is 13.6. The number of benzene rings is 8. The average Bonchev–Trinajstić information content (AvgIpc) is 3.81. The highest BCUT2D eigenvalue weighted by atomic mass is 16.3. The molecular formula is C49H29N3O2. The van der Waals surface area contributed by atoms with Crippen LogP contribution in [0.15, 0.2) is 185 Å². The molecule has 11 rings (SSSR count). The molecule has 0 aliphatic carbocycles. The molecule has 0 aliphatic heterocycles. The van der Waals surface area contributed by atoms with Gasteiger partial charge < -0.3 is 8.83 Å². The Labute approximate surface area is 309 Å². The van der Waals surface area contributed by atoms with Gasteiger partial charge in [-0.15, -0.1) is 0 Å². The summed E-state index contributed by atoms with van der Waals surface area (Å²) in [5.41, 5.74) is 10.7. The third-order valence-corrected chi connectivity index (χ3v) is 10.3. The Morgan fingerprint density at radius 2 is 0.833 bits per heavy atom. The SMILES string of the molecule is c1ccc(-c2ccc(-c3nc(-c4ccc(-c5ccc6cc7c(cc6c5)oc5ccccc57)cc4)nc(-c4cccc5oc6ccccc6c45)n3)cc2)cc1. The second-order valence-corrected chi connectivity index (χ2v) is 13.6. The van der Waals surface area contributed by atoms with Gasteiger partial charge in [-0.05, 0) is 69.4 Å². The lowest BCUT2D eigenvalue weighted by Gasteiger charge is -2.11. The summed E-state index contributed by atoms with van der Waals surface area (Å²) >= 11 is 0. The van der Waals surface area contributed by atoms with E-state index in [1.807, 2.05) is 48.5 Å². The normalized spacial score (nSPS) is 11.7. The molecule has 5 heteroatoms. The Kier molecular flexibility index (Phi) is 6.79. The molecule has 0 N–H and O–H groups in total. The first kappa shape index (κ1) is 30.3. The zero-order valence-corrected chi connectivity index (χ0v) is 28.9. The summed E-state index contributed by atoms with van der Waals surface area (Å²) in [6, 6.07) is 60.6. The first-order chi connectivity index (χ1) is 26.7. The second kappa shape index (κ2) is 12.1. The fraction of sp³-hybridized carbons (Fsp3) is 0. The molecule has 0 atom stereocenters. The fourth-order valence-corrected chi connectivity index (χ4v) is 7.62. The van der Waals surface area contributed by atoms with Crippen LogP contribution in [0.2, 0.25) is 0 Å². The van der Waals surface area contributed by atoms with Crippen molar-refractivity contribution in [1.82, 2.24) is 15.0 Å². The van der Waals surface area contributed by atoms with Crippen LogP contribution in [0.3, 0.4) is 0 Å². The zero-order valence-electron chi connectivity index (χ0n) is 28.9. The number of furan rings is 2. The Hall–Kier alpha value is -7.37. The van der Waals surface area contributed by atoms with Crippen LogP contribution >= 0.6 is 0 Å². The van der Waals surface area contributed by atoms with Crippen LogP contribution in [0.4, 0.5) is 0 Å². The van der Waals surface area contributed by atoms with Crippen LogP contribution in [0.25, 0.3) is 111 Å². The van der Waals surface area contributed by atoms with E-state index in [4.69, 9.17) is 23.8 Å². The van der Waals surface area contributed by atoms with Gasteiger partial charge in [0.25, 0.3) is 0 Å². The van der Waals surface area contributed by atoms with Crippen molar-refractivity contribution < 1.29 is 8.83 Å². The number of hydrogen-bond acceptors (Lipinski definition) is 5. The zero-order chi connectivity index (χ0) is 35.6. The van der Waals surface area contributed by atoms with Crippen LogP contribution in [-0.2, 0) is 0 Å². The number of aromatic nitrogens is 3. The largest absolute Gasteiger partial charge is 0.456 e. The van der Waals surface area contributed by atoms with Crippen LogP contribution in [0.5, 0.6) is 0 Å². The summed E-state index contributed by atoms with van der Waals surface area (Å²) in [6.07, 6.45) is 0. The number of rotatable bonds is 5. The lowest BCUT2D eigenvalue weighted by Crippen LogP contribution is -2.00. The Morgan fingerprint density at radius 1 is 0.296 bits per heavy atom. The van der Waals surface area contributed by atoms with Crippen LogP contribution in [0, 0.1) is 0 Å².